The van der Waals surface area contributed by atoms with Crippen LogP contribution in [0.2, 0.25) is 0 Å². The van der Waals surface area contributed by atoms with Crippen molar-refractivity contribution in [2.75, 3.05) is 11.1 Å². The number of hydrogen-bond donors (Lipinski definition) is 2. The summed E-state index contributed by atoms with van der Waals surface area (Å²) in [6.07, 6.45) is 0. The summed E-state index contributed by atoms with van der Waals surface area (Å²) in [6, 6.07) is 7.13. The van der Waals surface area contributed by atoms with Gasteiger partial charge in [0.1, 0.15) is 0 Å². The molecule has 98 valence electrons. The Bertz CT molecular complexity index is 637. The van der Waals surface area contributed by atoms with Crippen LogP contribution in [0.25, 0.3) is 0 Å². The molecule has 0 spiro atoms. The number of nitrogens with one attached hydrogen (secondary N) is 1. The lowest BCUT2D eigenvalue weighted by Crippen LogP contribution is -2.16. The van der Waals surface area contributed by atoms with Gasteiger partial charge < -0.3 is 11.1 Å². The van der Waals surface area contributed by atoms with Crippen LogP contribution in [0.15, 0.2) is 24.3 Å². The van der Waals surface area contributed by atoms with Crippen LogP contribution in [-0.2, 0) is 0 Å². The zero-order chi connectivity index (χ0) is 14.0. The number of carbonyl (C=O) groups excluding carboxylic acids is 1. The van der Waals surface area contributed by atoms with E-state index in [4.69, 9.17) is 5.73 Å². The van der Waals surface area contributed by atoms with E-state index in [-0.39, 0.29) is 5.91 Å². The van der Waals surface area contributed by atoms with Crippen molar-refractivity contribution in [2.24, 2.45) is 0 Å². The molecule has 1 amide bonds. The van der Waals surface area contributed by atoms with Gasteiger partial charge in [-0.25, -0.2) is 0 Å². The standard InChI is InChI=1S/C14H16N4O/c1-8-4-5-11(15)7-13(8)16-14(19)12-6-9(2)17-18-10(12)3/h4-7H,15H2,1-3H3,(H,16,19). The number of rotatable bonds is 2. The van der Waals surface area contributed by atoms with Crippen molar-refractivity contribution in [2.45, 2.75) is 20.8 Å². The van der Waals surface area contributed by atoms with Crippen LogP contribution in [0.4, 0.5) is 11.4 Å². The zero-order valence-electron chi connectivity index (χ0n) is 11.2. The molecule has 2 aromatic rings. The number of aryl methyl sites for hydroxylation is 3. The van der Waals surface area contributed by atoms with E-state index in [9.17, 15) is 4.79 Å². The van der Waals surface area contributed by atoms with Gasteiger partial charge in [0, 0.05) is 11.4 Å². The predicted octanol–water partition coefficient (Wildman–Crippen LogP) is 2.24. The molecule has 0 aliphatic carbocycles. The van der Waals surface area contributed by atoms with Crippen molar-refractivity contribution in [1.29, 1.82) is 0 Å². The van der Waals surface area contributed by atoms with Gasteiger partial charge in [-0.15, -0.1) is 0 Å². The van der Waals surface area contributed by atoms with Crippen molar-refractivity contribution in [3.05, 3.63) is 46.8 Å². The maximum Gasteiger partial charge on any atom is 0.257 e. The van der Waals surface area contributed by atoms with Gasteiger partial charge >= 0.3 is 0 Å². The summed E-state index contributed by atoms with van der Waals surface area (Å²) in [6.45, 7) is 5.47. The smallest absolute Gasteiger partial charge is 0.257 e. The normalized spacial score (nSPS) is 10.3. The minimum Gasteiger partial charge on any atom is -0.399 e. The molecule has 5 nitrogen and oxygen atoms in total. The molecule has 0 unspecified atom stereocenters. The fraction of sp³-hybridized carbons (Fsp3) is 0.214. The van der Waals surface area contributed by atoms with Gasteiger partial charge in [0.25, 0.3) is 5.91 Å². The second-order valence-corrected chi connectivity index (χ2v) is 4.51. The molecular weight excluding hydrogens is 240 g/mol. The van der Waals surface area contributed by atoms with E-state index < -0.39 is 0 Å². The van der Waals surface area contributed by atoms with Gasteiger partial charge in [-0.1, -0.05) is 6.07 Å². The SMILES string of the molecule is Cc1cc(C(=O)Nc2cc(N)ccc2C)c(C)nn1. The summed E-state index contributed by atoms with van der Waals surface area (Å²) < 4.78 is 0. The molecule has 0 saturated heterocycles. The molecule has 1 aromatic heterocycles. The molecule has 2 rings (SSSR count). The van der Waals surface area contributed by atoms with E-state index in [0.29, 0.717) is 28.3 Å². The summed E-state index contributed by atoms with van der Waals surface area (Å²) in [4.78, 5) is 12.2. The average Bonchev–Trinajstić information content (AvgIpc) is 2.36. The second-order valence-electron chi connectivity index (χ2n) is 4.51. The largest absolute Gasteiger partial charge is 0.399 e. The number of anilines is 2. The van der Waals surface area contributed by atoms with Crippen molar-refractivity contribution in [3.8, 4) is 0 Å². The molecule has 5 heteroatoms. The highest BCUT2D eigenvalue weighted by Gasteiger charge is 2.12. The minimum absolute atomic E-state index is 0.204. The molecule has 1 heterocycles. The first-order chi connectivity index (χ1) is 8.97. The van der Waals surface area contributed by atoms with Gasteiger partial charge in [-0.05, 0) is 44.5 Å². The third kappa shape index (κ3) is 2.88. The Hall–Kier alpha value is -2.43. The maximum absolute atomic E-state index is 12.2. The molecule has 0 aliphatic heterocycles. The second kappa shape index (κ2) is 5.06. The highest BCUT2D eigenvalue weighted by Crippen LogP contribution is 2.19. The molecule has 0 bridgehead atoms. The number of nitrogen functional groups attached to an aromatic ring is 1. The third-order valence-corrected chi connectivity index (χ3v) is 2.86. The summed E-state index contributed by atoms with van der Waals surface area (Å²) in [7, 11) is 0. The molecular formula is C14H16N4O. The van der Waals surface area contributed by atoms with Crippen LogP contribution in [0.1, 0.15) is 27.3 Å². The van der Waals surface area contributed by atoms with E-state index in [1.165, 1.54) is 0 Å². The predicted molar refractivity (Wildman–Crippen MR) is 75.1 cm³/mol. The van der Waals surface area contributed by atoms with Crippen LogP contribution in [-0.4, -0.2) is 16.1 Å². The number of hydrogen-bond acceptors (Lipinski definition) is 4. The first-order valence-electron chi connectivity index (χ1n) is 5.96. The average molecular weight is 256 g/mol. The molecule has 0 fully saturated rings. The highest BCUT2D eigenvalue weighted by atomic mass is 16.1. The van der Waals surface area contributed by atoms with Crippen LogP contribution in [0.3, 0.4) is 0 Å². The van der Waals surface area contributed by atoms with Crippen molar-refractivity contribution < 1.29 is 4.79 Å². The number of carbonyl (C=O) groups is 1. The highest BCUT2D eigenvalue weighted by molar-refractivity contribution is 6.05. The Labute approximate surface area is 111 Å². The lowest BCUT2D eigenvalue weighted by Gasteiger charge is -2.10. The first-order valence-corrected chi connectivity index (χ1v) is 5.96. The topological polar surface area (TPSA) is 80.9 Å². The maximum atomic E-state index is 12.2. The minimum atomic E-state index is -0.204. The summed E-state index contributed by atoms with van der Waals surface area (Å²) >= 11 is 0. The zero-order valence-corrected chi connectivity index (χ0v) is 11.2. The van der Waals surface area contributed by atoms with Crippen LogP contribution >= 0.6 is 0 Å². The van der Waals surface area contributed by atoms with E-state index >= 15 is 0 Å². The Morgan fingerprint density at radius 3 is 2.63 bits per heavy atom. The number of benzene rings is 1. The number of nitrogens with zero attached hydrogens (tertiary/aromatic N) is 2. The number of aromatic nitrogens is 2. The third-order valence-electron chi connectivity index (χ3n) is 2.86. The molecule has 0 aliphatic rings. The fourth-order valence-electron chi connectivity index (χ4n) is 1.74. The summed E-state index contributed by atoms with van der Waals surface area (Å²) in [5, 5.41) is 10.7. The van der Waals surface area contributed by atoms with Gasteiger partial charge in [0.15, 0.2) is 0 Å². The Balaban J connectivity index is 2.30. The van der Waals surface area contributed by atoms with Crippen molar-refractivity contribution in [3.63, 3.8) is 0 Å². The molecule has 0 atom stereocenters. The van der Waals surface area contributed by atoms with Crippen LogP contribution in [0, 0.1) is 20.8 Å². The fourth-order valence-corrected chi connectivity index (χ4v) is 1.74. The van der Waals surface area contributed by atoms with Gasteiger partial charge in [0.2, 0.25) is 0 Å². The molecule has 3 N–H and O–H groups in total. The molecule has 1 aromatic carbocycles. The van der Waals surface area contributed by atoms with E-state index in [0.717, 1.165) is 5.56 Å². The first kappa shape index (κ1) is 13.0. The van der Waals surface area contributed by atoms with Crippen LogP contribution in [0.5, 0.6) is 0 Å². The summed E-state index contributed by atoms with van der Waals surface area (Å²) in [5.41, 5.74) is 9.83. The van der Waals surface area contributed by atoms with Crippen molar-refractivity contribution in [1.82, 2.24) is 10.2 Å². The van der Waals surface area contributed by atoms with E-state index in [2.05, 4.69) is 15.5 Å². The molecule has 0 radical (unpaired) electrons. The van der Waals surface area contributed by atoms with Gasteiger partial charge in [-0.3, -0.25) is 4.79 Å². The monoisotopic (exact) mass is 256 g/mol. The Kier molecular flexibility index (Phi) is 3.46. The molecule has 0 saturated carbocycles. The number of amides is 1. The Morgan fingerprint density at radius 1 is 1.16 bits per heavy atom. The van der Waals surface area contributed by atoms with Gasteiger partial charge in [0.05, 0.1) is 17.0 Å². The van der Waals surface area contributed by atoms with Crippen LogP contribution < -0.4 is 11.1 Å². The van der Waals surface area contributed by atoms with E-state index in [1.807, 2.05) is 13.0 Å². The van der Waals surface area contributed by atoms with E-state index in [1.54, 1.807) is 32.0 Å². The number of nitrogens with two attached hydrogens (primary N) is 1. The quantitative estimate of drug-likeness (QED) is 0.807. The summed E-state index contributed by atoms with van der Waals surface area (Å²) in [5.74, 6) is -0.204. The van der Waals surface area contributed by atoms with Crippen molar-refractivity contribution >= 4 is 17.3 Å². The van der Waals surface area contributed by atoms with Gasteiger partial charge in [-0.2, -0.15) is 10.2 Å². The lowest BCUT2D eigenvalue weighted by atomic mass is 10.1. The lowest BCUT2D eigenvalue weighted by molar-refractivity contribution is 0.102. The Morgan fingerprint density at radius 2 is 1.89 bits per heavy atom. The molecule has 19 heavy (non-hydrogen) atoms.